The van der Waals surface area contributed by atoms with Crippen molar-refractivity contribution in [2.75, 3.05) is 5.32 Å². The highest BCUT2D eigenvalue weighted by molar-refractivity contribution is 6.04. The van der Waals surface area contributed by atoms with Gasteiger partial charge in [-0.1, -0.05) is 12.1 Å². The monoisotopic (exact) mass is 309 g/mol. The number of nitrogens with zero attached hydrogens (tertiary/aromatic N) is 2. The van der Waals surface area contributed by atoms with Crippen molar-refractivity contribution in [2.24, 2.45) is 0 Å². The van der Waals surface area contributed by atoms with E-state index in [4.69, 9.17) is 0 Å². The first kappa shape index (κ1) is 15.0. The Morgan fingerprint density at radius 3 is 2.57 bits per heavy atom. The van der Waals surface area contributed by atoms with Gasteiger partial charge in [0.05, 0.1) is 23.1 Å². The molecule has 0 atom stereocenters. The van der Waals surface area contributed by atoms with Gasteiger partial charge in [-0.05, 0) is 55.8 Å². The predicted molar refractivity (Wildman–Crippen MR) is 87.4 cm³/mol. The highest BCUT2D eigenvalue weighted by Gasteiger charge is 2.15. The molecule has 0 aliphatic heterocycles. The summed E-state index contributed by atoms with van der Waals surface area (Å²) < 4.78 is 14.6. The van der Waals surface area contributed by atoms with E-state index in [0.717, 1.165) is 16.9 Å². The maximum absolute atomic E-state index is 12.9. The van der Waals surface area contributed by atoms with Gasteiger partial charge in [-0.3, -0.25) is 4.79 Å². The van der Waals surface area contributed by atoms with Crippen LogP contribution in [0.3, 0.4) is 0 Å². The number of carbonyl (C=O) groups excluding carboxylic acids is 1. The maximum atomic E-state index is 12.9. The van der Waals surface area contributed by atoms with Crippen molar-refractivity contribution >= 4 is 11.6 Å². The standard InChI is InChI=1S/C18H16FN3O/c1-12-4-3-5-16(10-12)22-13(2)17(11-20-22)18(23)21-15-8-6-14(19)7-9-15/h3-11H,1-2H3,(H,21,23). The number of halogens is 1. The molecule has 3 rings (SSSR count). The maximum Gasteiger partial charge on any atom is 0.259 e. The van der Waals surface area contributed by atoms with Gasteiger partial charge in [0.2, 0.25) is 0 Å². The molecule has 1 amide bonds. The smallest absolute Gasteiger partial charge is 0.259 e. The first-order valence-corrected chi connectivity index (χ1v) is 7.23. The van der Waals surface area contributed by atoms with Gasteiger partial charge in [0.15, 0.2) is 0 Å². The number of hydrogen-bond acceptors (Lipinski definition) is 2. The fraction of sp³-hybridized carbons (Fsp3) is 0.111. The van der Waals surface area contributed by atoms with E-state index < -0.39 is 0 Å². The van der Waals surface area contributed by atoms with Gasteiger partial charge in [0, 0.05) is 5.69 Å². The molecule has 0 radical (unpaired) electrons. The van der Waals surface area contributed by atoms with Gasteiger partial charge >= 0.3 is 0 Å². The van der Waals surface area contributed by atoms with E-state index in [9.17, 15) is 9.18 Å². The highest BCUT2D eigenvalue weighted by atomic mass is 19.1. The summed E-state index contributed by atoms with van der Waals surface area (Å²) in [5.74, 6) is -0.612. The van der Waals surface area contributed by atoms with E-state index in [2.05, 4.69) is 10.4 Å². The Morgan fingerprint density at radius 2 is 1.87 bits per heavy atom. The SMILES string of the molecule is Cc1cccc(-n2ncc(C(=O)Nc3ccc(F)cc3)c2C)c1. The predicted octanol–water partition coefficient (Wildman–Crippen LogP) is 3.88. The van der Waals surface area contributed by atoms with Crippen molar-refractivity contribution in [3.05, 3.63) is 77.4 Å². The Labute approximate surface area is 133 Å². The van der Waals surface area contributed by atoms with Crippen LogP contribution >= 0.6 is 0 Å². The molecule has 0 unspecified atom stereocenters. The molecule has 1 aromatic heterocycles. The largest absolute Gasteiger partial charge is 0.322 e. The van der Waals surface area contributed by atoms with Crippen LogP contribution in [0.25, 0.3) is 5.69 Å². The van der Waals surface area contributed by atoms with Crippen molar-refractivity contribution in [1.82, 2.24) is 9.78 Å². The second kappa shape index (κ2) is 6.04. The van der Waals surface area contributed by atoms with Crippen molar-refractivity contribution in [3.8, 4) is 5.69 Å². The second-order valence-corrected chi connectivity index (χ2v) is 5.36. The quantitative estimate of drug-likeness (QED) is 0.798. The molecule has 116 valence electrons. The number of carbonyl (C=O) groups is 1. The van der Waals surface area contributed by atoms with Gasteiger partial charge in [0.1, 0.15) is 5.82 Å². The summed E-state index contributed by atoms with van der Waals surface area (Å²) in [4.78, 5) is 12.4. The third kappa shape index (κ3) is 3.13. The average Bonchev–Trinajstić information content (AvgIpc) is 2.91. The van der Waals surface area contributed by atoms with Crippen LogP contribution in [0.1, 0.15) is 21.6 Å². The molecule has 1 N–H and O–H groups in total. The second-order valence-electron chi connectivity index (χ2n) is 5.36. The van der Waals surface area contributed by atoms with E-state index in [1.807, 2.05) is 38.1 Å². The number of hydrogen-bond donors (Lipinski definition) is 1. The molecule has 0 saturated carbocycles. The Bertz CT molecular complexity index is 853. The summed E-state index contributed by atoms with van der Waals surface area (Å²) >= 11 is 0. The van der Waals surface area contributed by atoms with Crippen LogP contribution in [0.15, 0.2) is 54.7 Å². The third-order valence-electron chi connectivity index (χ3n) is 3.60. The molecule has 1 heterocycles. The zero-order valence-electron chi connectivity index (χ0n) is 12.9. The van der Waals surface area contributed by atoms with Gasteiger partial charge < -0.3 is 5.32 Å². The lowest BCUT2D eigenvalue weighted by atomic mass is 10.2. The van der Waals surface area contributed by atoms with Crippen molar-refractivity contribution in [2.45, 2.75) is 13.8 Å². The van der Waals surface area contributed by atoms with Crippen LogP contribution in [0.5, 0.6) is 0 Å². The molecule has 5 heteroatoms. The van der Waals surface area contributed by atoms with Gasteiger partial charge in [0.25, 0.3) is 5.91 Å². The number of rotatable bonds is 3. The topological polar surface area (TPSA) is 46.9 Å². The van der Waals surface area contributed by atoms with Gasteiger partial charge in [-0.15, -0.1) is 0 Å². The first-order chi connectivity index (χ1) is 11.0. The number of amides is 1. The zero-order valence-corrected chi connectivity index (χ0v) is 12.9. The molecule has 0 fully saturated rings. The number of aryl methyl sites for hydroxylation is 1. The molecule has 0 spiro atoms. The normalized spacial score (nSPS) is 10.6. The number of aromatic nitrogens is 2. The van der Waals surface area contributed by atoms with Crippen LogP contribution < -0.4 is 5.32 Å². The lowest BCUT2D eigenvalue weighted by molar-refractivity contribution is 0.102. The van der Waals surface area contributed by atoms with Crippen LogP contribution in [-0.4, -0.2) is 15.7 Å². The minimum atomic E-state index is -0.341. The Morgan fingerprint density at radius 1 is 1.13 bits per heavy atom. The summed E-state index contributed by atoms with van der Waals surface area (Å²) in [7, 11) is 0. The first-order valence-electron chi connectivity index (χ1n) is 7.23. The summed E-state index contributed by atoms with van der Waals surface area (Å²) in [6.45, 7) is 3.85. The highest BCUT2D eigenvalue weighted by Crippen LogP contribution is 2.17. The molecule has 0 aliphatic carbocycles. The van der Waals surface area contributed by atoms with E-state index in [1.165, 1.54) is 30.5 Å². The van der Waals surface area contributed by atoms with Crippen molar-refractivity contribution in [1.29, 1.82) is 0 Å². The van der Waals surface area contributed by atoms with Gasteiger partial charge in [-0.2, -0.15) is 5.10 Å². The number of benzene rings is 2. The number of nitrogens with one attached hydrogen (secondary N) is 1. The molecule has 2 aromatic carbocycles. The van der Waals surface area contributed by atoms with E-state index in [0.29, 0.717) is 11.3 Å². The molecule has 4 nitrogen and oxygen atoms in total. The fourth-order valence-electron chi connectivity index (χ4n) is 2.38. The fourth-order valence-corrected chi connectivity index (χ4v) is 2.38. The molecular weight excluding hydrogens is 293 g/mol. The van der Waals surface area contributed by atoms with Crippen molar-refractivity contribution < 1.29 is 9.18 Å². The summed E-state index contributed by atoms with van der Waals surface area (Å²) in [6, 6.07) is 13.5. The Balaban J connectivity index is 1.86. The van der Waals surface area contributed by atoms with Crippen molar-refractivity contribution in [3.63, 3.8) is 0 Å². The summed E-state index contributed by atoms with van der Waals surface area (Å²) in [5, 5.41) is 7.04. The molecule has 0 aliphatic rings. The minimum Gasteiger partial charge on any atom is -0.322 e. The zero-order chi connectivity index (χ0) is 16.4. The van der Waals surface area contributed by atoms with Crippen LogP contribution in [0.2, 0.25) is 0 Å². The lowest BCUT2D eigenvalue weighted by Gasteiger charge is -2.07. The summed E-state index contributed by atoms with van der Waals surface area (Å²) in [5.41, 5.74) is 3.79. The van der Waals surface area contributed by atoms with E-state index >= 15 is 0 Å². The van der Waals surface area contributed by atoms with Gasteiger partial charge in [-0.25, -0.2) is 9.07 Å². The van der Waals surface area contributed by atoms with Crippen LogP contribution in [-0.2, 0) is 0 Å². The number of anilines is 1. The molecule has 0 saturated heterocycles. The molecule has 3 aromatic rings. The lowest BCUT2D eigenvalue weighted by Crippen LogP contribution is -2.13. The van der Waals surface area contributed by atoms with E-state index in [1.54, 1.807) is 4.68 Å². The Kier molecular flexibility index (Phi) is 3.93. The molecule has 0 bridgehead atoms. The molecular formula is C18H16FN3O. The van der Waals surface area contributed by atoms with Crippen LogP contribution in [0, 0.1) is 19.7 Å². The molecule has 23 heavy (non-hydrogen) atoms. The average molecular weight is 309 g/mol. The Hall–Kier alpha value is -2.95. The third-order valence-corrected chi connectivity index (χ3v) is 3.60. The summed E-state index contributed by atoms with van der Waals surface area (Å²) in [6.07, 6.45) is 1.54. The minimum absolute atomic E-state index is 0.270. The van der Waals surface area contributed by atoms with Crippen LogP contribution in [0.4, 0.5) is 10.1 Å². The van der Waals surface area contributed by atoms with E-state index in [-0.39, 0.29) is 11.7 Å².